The van der Waals surface area contributed by atoms with Gasteiger partial charge in [0.1, 0.15) is 13.2 Å². The van der Waals surface area contributed by atoms with Gasteiger partial charge in [0.05, 0.1) is 6.10 Å². The van der Waals surface area contributed by atoms with Gasteiger partial charge in [-0.15, -0.1) is 0 Å². The van der Waals surface area contributed by atoms with Gasteiger partial charge in [0.15, 0.2) is 11.5 Å². The Morgan fingerprint density at radius 3 is 2.65 bits per heavy atom. The Morgan fingerprint density at radius 2 is 1.85 bits per heavy atom. The molecular formula is C17H18O3. The van der Waals surface area contributed by atoms with Gasteiger partial charge in [-0.1, -0.05) is 35.9 Å². The fourth-order valence-electron chi connectivity index (χ4n) is 2.45. The molecule has 0 radical (unpaired) electrons. The van der Waals surface area contributed by atoms with Crippen LogP contribution in [-0.4, -0.2) is 18.3 Å². The Bertz CT molecular complexity index is 607. The Morgan fingerprint density at radius 1 is 1.05 bits per heavy atom. The highest BCUT2D eigenvalue weighted by Gasteiger charge is 2.15. The number of hydrogen-bond donors (Lipinski definition) is 1. The summed E-state index contributed by atoms with van der Waals surface area (Å²) in [5.41, 5.74) is 3.19. The lowest BCUT2D eigenvalue weighted by molar-refractivity contribution is 0.164. The van der Waals surface area contributed by atoms with Crippen molar-refractivity contribution in [2.45, 2.75) is 19.4 Å². The second kappa shape index (κ2) is 5.55. The van der Waals surface area contributed by atoms with Crippen molar-refractivity contribution in [1.82, 2.24) is 0 Å². The standard InChI is InChI=1S/C17H18O3/c1-12-3-2-4-13(9-12)10-15(18)14-5-6-16-17(11-14)20-8-7-19-16/h2-6,9,11,15,18H,7-8,10H2,1H3. The maximum atomic E-state index is 10.4. The molecule has 0 saturated heterocycles. The van der Waals surface area contributed by atoms with E-state index in [1.165, 1.54) is 5.56 Å². The summed E-state index contributed by atoms with van der Waals surface area (Å²) in [5.74, 6) is 1.47. The highest BCUT2D eigenvalue weighted by atomic mass is 16.6. The minimum absolute atomic E-state index is 0.535. The summed E-state index contributed by atoms with van der Waals surface area (Å²) in [7, 11) is 0. The van der Waals surface area contributed by atoms with E-state index in [4.69, 9.17) is 9.47 Å². The SMILES string of the molecule is Cc1cccc(CC(O)c2ccc3c(c2)OCCO3)c1. The molecule has 3 rings (SSSR count). The van der Waals surface area contributed by atoms with Gasteiger partial charge in [0, 0.05) is 6.42 Å². The summed E-state index contributed by atoms with van der Waals surface area (Å²) in [6.45, 7) is 3.20. The first-order valence-corrected chi connectivity index (χ1v) is 6.85. The number of aliphatic hydroxyl groups is 1. The summed E-state index contributed by atoms with van der Waals surface area (Å²) < 4.78 is 11.0. The Balaban J connectivity index is 1.78. The van der Waals surface area contributed by atoms with Gasteiger partial charge < -0.3 is 14.6 Å². The molecule has 1 atom stereocenters. The molecule has 0 aromatic heterocycles. The number of ether oxygens (including phenoxy) is 2. The number of hydrogen-bond acceptors (Lipinski definition) is 3. The van der Waals surface area contributed by atoms with Gasteiger partial charge in [-0.05, 0) is 30.2 Å². The molecule has 3 nitrogen and oxygen atoms in total. The summed E-state index contributed by atoms with van der Waals surface area (Å²) in [6.07, 6.45) is 0.0639. The topological polar surface area (TPSA) is 38.7 Å². The maximum absolute atomic E-state index is 10.4. The number of fused-ring (bicyclic) bond motifs is 1. The second-order valence-electron chi connectivity index (χ2n) is 5.11. The van der Waals surface area contributed by atoms with Crippen LogP contribution in [0.15, 0.2) is 42.5 Å². The van der Waals surface area contributed by atoms with Crippen molar-refractivity contribution in [1.29, 1.82) is 0 Å². The third-order valence-electron chi connectivity index (χ3n) is 3.46. The zero-order chi connectivity index (χ0) is 13.9. The number of benzene rings is 2. The molecule has 0 aliphatic carbocycles. The maximum Gasteiger partial charge on any atom is 0.161 e. The van der Waals surface area contributed by atoms with Crippen molar-refractivity contribution in [3.05, 3.63) is 59.2 Å². The van der Waals surface area contributed by atoms with E-state index in [1.54, 1.807) is 0 Å². The van der Waals surface area contributed by atoms with Crippen molar-refractivity contribution >= 4 is 0 Å². The highest BCUT2D eigenvalue weighted by molar-refractivity contribution is 5.44. The lowest BCUT2D eigenvalue weighted by Gasteiger charge is -2.20. The zero-order valence-corrected chi connectivity index (χ0v) is 11.5. The van der Waals surface area contributed by atoms with Crippen molar-refractivity contribution < 1.29 is 14.6 Å². The van der Waals surface area contributed by atoms with E-state index in [1.807, 2.05) is 30.3 Å². The molecule has 1 heterocycles. The predicted molar refractivity (Wildman–Crippen MR) is 77.3 cm³/mol. The molecule has 0 spiro atoms. The molecule has 2 aromatic rings. The van der Waals surface area contributed by atoms with E-state index in [-0.39, 0.29) is 0 Å². The van der Waals surface area contributed by atoms with Gasteiger partial charge in [-0.2, -0.15) is 0 Å². The van der Waals surface area contributed by atoms with Crippen LogP contribution in [0, 0.1) is 6.92 Å². The molecule has 1 unspecified atom stereocenters. The summed E-state index contributed by atoms with van der Waals surface area (Å²) in [5, 5.41) is 10.4. The molecule has 0 amide bonds. The highest BCUT2D eigenvalue weighted by Crippen LogP contribution is 2.33. The summed E-state index contributed by atoms with van der Waals surface area (Å²) >= 11 is 0. The lowest BCUT2D eigenvalue weighted by Crippen LogP contribution is -2.15. The quantitative estimate of drug-likeness (QED) is 0.931. The number of aliphatic hydroxyl groups excluding tert-OH is 1. The average molecular weight is 270 g/mol. The van der Waals surface area contributed by atoms with Crippen molar-refractivity contribution in [3.63, 3.8) is 0 Å². The van der Waals surface area contributed by atoms with Crippen LogP contribution in [0.25, 0.3) is 0 Å². The van der Waals surface area contributed by atoms with Crippen molar-refractivity contribution in [2.24, 2.45) is 0 Å². The minimum Gasteiger partial charge on any atom is -0.486 e. The fraction of sp³-hybridized carbons (Fsp3) is 0.294. The monoisotopic (exact) mass is 270 g/mol. The van der Waals surface area contributed by atoms with Gasteiger partial charge in [-0.25, -0.2) is 0 Å². The Hall–Kier alpha value is -2.00. The van der Waals surface area contributed by atoms with Crippen LogP contribution in [0.3, 0.4) is 0 Å². The molecule has 3 heteroatoms. The number of aryl methyl sites for hydroxylation is 1. The Labute approximate surface area is 118 Å². The van der Waals surface area contributed by atoms with Crippen molar-refractivity contribution in [3.8, 4) is 11.5 Å². The van der Waals surface area contributed by atoms with Crippen LogP contribution in [-0.2, 0) is 6.42 Å². The van der Waals surface area contributed by atoms with Crippen LogP contribution in [0.1, 0.15) is 22.8 Å². The first-order valence-electron chi connectivity index (χ1n) is 6.85. The normalized spacial score (nSPS) is 14.9. The largest absolute Gasteiger partial charge is 0.486 e. The van der Waals surface area contributed by atoms with E-state index < -0.39 is 6.10 Å². The van der Waals surface area contributed by atoms with E-state index in [0.29, 0.717) is 19.6 Å². The summed E-state index contributed by atoms with van der Waals surface area (Å²) in [4.78, 5) is 0. The van der Waals surface area contributed by atoms with Gasteiger partial charge >= 0.3 is 0 Å². The van der Waals surface area contributed by atoms with Gasteiger partial charge in [0.25, 0.3) is 0 Å². The van der Waals surface area contributed by atoms with E-state index >= 15 is 0 Å². The molecule has 104 valence electrons. The van der Waals surface area contributed by atoms with Crippen LogP contribution in [0.2, 0.25) is 0 Å². The van der Waals surface area contributed by atoms with Crippen LogP contribution in [0.4, 0.5) is 0 Å². The number of rotatable bonds is 3. The van der Waals surface area contributed by atoms with E-state index in [2.05, 4.69) is 19.1 Å². The Kier molecular flexibility index (Phi) is 3.61. The molecule has 0 saturated carbocycles. The molecule has 20 heavy (non-hydrogen) atoms. The predicted octanol–water partition coefficient (Wildman–Crippen LogP) is 3.04. The summed E-state index contributed by atoms with van der Waals surface area (Å²) in [6, 6.07) is 13.8. The van der Waals surface area contributed by atoms with E-state index in [9.17, 15) is 5.11 Å². The van der Waals surface area contributed by atoms with Gasteiger partial charge in [-0.3, -0.25) is 0 Å². The first-order chi connectivity index (χ1) is 9.72. The van der Waals surface area contributed by atoms with Gasteiger partial charge in [0.2, 0.25) is 0 Å². The van der Waals surface area contributed by atoms with Crippen LogP contribution >= 0.6 is 0 Å². The zero-order valence-electron chi connectivity index (χ0n) is 11.5. The molecule has 1 aliphatic heterocycles. The molecule has 0 bridgehead atoms. The minimum atomic E-state index is -0.535. The van der Waals surface area contributed by atoms with Crippen LogP contribution in [0.5, 0.6) is 11.5 Å². The molecule has 0 fully saturated rings. The first kappa shape index (κ1) is 13.0. The average Bonchev–Trinajstić information content (AvgIpc) is 2.47. The fourth-order valence-corrected chi connectivity index (χ4v) is 2.45. The smallest absolute Gasteiger partial charge is 0.161 e. The third-order valence-corrected chi connectivity index (χ3v) is 3.46. The third kappa shape index (κ3) is 2.78. The molecule has 1 aliphatic rings. The second-order valence-corrected chi connectivity index (χ2v) is 5.11. The lowest BCUT2D eigenvalue weighted by atomic mass is 10.00. The molecular weight excluding hydrogens is 252 g/mol. The van der Waals surface area contributed by atoms with Crippen molar-refractivity contribution in [2.75, 3.05) is 13.2 Å². The van der Waals surface area contributed by atoms with E-state index in [0.717, 1.165) is 22.6 Å². The van der Waals surface area contributed by atoms with Crippen LogP contribution < -0.4 is 9.47 Å². The molecule has 1 N–H and O–H groups in total. The molecule has 2 aromatic carbocycles.